The van der Waals surface area contributed by atoms with Crippen molar-refractivity contribution in [2.24, 2.45) is 5.92 Å². The van der Waals surface area contributed by atoms with Gasteiger partial charge >= 0.3 is 0 Å². The third-order valence-electron chi connectivity index (χ3n) is 6.97. The summed E-state index contributed by atoms with van der Waals surface area (Å²) in [6, 6.07) is 6.02. The van der Waals surface area contributed by atoms with E-state index in [0.717, 1.165) is 93.2 Å². The van der Waals surface area contributed by atoms with Gasteiger partial charge in [0.1, 0.15) is 17.9 Å². The first-order valence-corrected chi connectivity index (χ1v) is 11.0. The predicted octanol–water partition coefficient (Wildman–Crippen LogP) is 2.86. The highest BCUT2D eigenvalue weighted by atomic mass is 16.5. The molecule has 3 fully saturated rings. The number of hydrogen-bond donors (Lipinski definition) is 1. The average molecular weight is 406 g/mol. The number of nitrogens with zero attached hydrogens (tertiary/aromatic N) is 5. The van der Waals surface area contributed by atoms with E-state index in [1.807, 2.05) is 17.0 Å². The van der Waals surface area contributed by atoms with Crippen LogP contribution in [-0.2, 0) is 10.2 Å². The van der Waals surface area contributed by atoms with E-state index in [9.17, 15) is 4.79 Å². The molecular weight excluding hydrogens is 380 g/mol. The molecule has 8 heteroatoms. The fraction of sp³-hybridized carbons (Fsp3) is 0.545. The third kappa shape index (κ3) is 2.88. The molecule has 0 spiro atoms. The van der Waals surface area contributed by atoms with Gasteiger partial charge in [-0.25, -0.2) is 9.97 Å². The number of imidazole rings is 1. The number of rotatable bonds is 4. The predicted molar refractivity (Wildman–Crippen MR) is 111 cm³/mol. The smallest absolute Gasteiger partial charge is 0.227 e. The zero-order valence-electron chi connectivity index (χ0n) is 17.0. The fourth-order valence-electron chi connectivity index (χ4n) is 5.07. The standard InChI is InChI=1S/C22H26N6O2/c29-20(27-10-1-2-11-27)15-4-3-12-28(14-15)18-6-5-16-19(24-18)25-21(23-16)22(8-9-22)17-7-13-30-26-17/h5-7,13,15H,1-4,8-12,14H2,(H,23,24,25). The summed E-state index contributed by atoms with van der Waals surface area (Å²) in [5, 5.41) is 4.15. The van der Waals surface area contributed by atoms with E-state index in [4.69, 9.17) is 14.5 Å². The Morgan fingerprint density at radius 3 is 2.73 bits per heavy atom. The highest BCUT2D eigenvalue weighted by Gasteiger charge is 2.51. The van der Waals surface area contributed by atoms with Crippen LogP contribution in [-0.4, -0.2) is 57.1 Å². The SMILES string of the molecule is O=C(C1CCCN(c2ccc3[nH]c(C4(c5ccon5)CC4)nc3n2)C1)N1CCCC1. The van der Waals surface area contributed by atoms with Crippen LogP contribution in [0, 0.1) is 5.92 Å². The van der Waals surface area contributed by atoms with E-state index in [-0.39, 0.29) is 11.3 Å². The number of piperidine rings is 1. The van der Waals surface area contributed by atoms with Gasteiger partial charge in [0.25, 0.3) is 0 Å². The van der Waals surface area contributed by atoms with Gasteiger partial charge in [-0.2, -0.15) is 0 Å². The van der Waals surface area contributed by atoms with Gasteiger partial charge < -0.3 is 19.3 Å². The molecule has 1 saturated carbocycles. The molecule has 0 radical (unpaired) electrons. The molecule has 30 heavy (non-hydrogen) atoms. The van der Waals surface area contributed by atoms with Crippen molar-refractivity contribution in [3.05, 3.63) is 36.0 Å². The molecule has 3 aromatic heterocycles. The third-order valence-corrected chi connectivity index (χ3v) is 6.97. The first kappa shape index (κ1) is 17.9. The van der Waals surface area contributed by atoms with E-state index in [0.29, 0.717) is 5.91 Å². The lowest BCUT2D eigenvalue weighted by Crippen LogP contribution is -2.44. The molecule has 3 aromatic rings. The number of aromatic amines is 1. The Bertz CT molecular complexity index is 1060. The molecule has 8 nitrogen and oxygen atoms in total. The number of aromatic nitrogens is 4. The van der Waals surface area contributed by atoms with Crippen LogP contribution in [0.25, 0.3) is 11.2 Å². The number of carbonyl (C=O) groups excluding carboxylic acids is 1. The number of amides is 1. The average Bonchev–Trinajstić information content (AvgIpc) is 3.24. The Morgan fingerprint density at radius 2 is 1.97 bits per heavy atom. The molecular formula is C22H26N6O2. The Balaban J connectivity index is 1.24. The Hall–Kier alpha value is -2.90. The number of pyridine rings is 1. The van der Waals surface area contributed by atoms with E-state index < -0.39 is 0 Å². The minimum absolute atomic E-state index is 0.0750. The van der Waals surface area contributed by atoms with Crippen molar-refractivity contribution in [1.29, 1.82) is 0 Å². The van der Waals surface area contributed by atoms with Crippen LogP contribution in [0.1, 0.15) is 50.0 Å². The summed E-state index contributed by atoms with van der Waals surface area (Å²) < 4.78 is 5.06. The molecule has 156 valence electrons. The van der Waals surface area contributed by atoms with Gasteiger partial charge in [0.05, 0.1) is 22.5 Å². The Kier molecular flexibility index (Phi) is 4.07. The molecule has 5 heterocycles. The van der Waals surface area contributed by atoms with Crippen LogP contribution < -0.4 is 4.90 Å². The van der Waals surface area contributed by atoms with E-state index in [2.05, 4.69) is 21.1 Å². The highest BCUT2D eigenvalue weighted by Crippen LogP contribution is 2.51. The molecule has 3 aliphatic rings. The molecule has 1 aliphatic carbocycles. The van der Waals surface area contributed by atoms with Crippen molar-refractivity contribution in [3.63, 3.8) is 0 Å². The van der Waals surface area contributed by atoms with Crippen LogP contribution in [0.4, 0.5) is 5.82 Å². The summed E-state index contributed by atoms with van der Waals surface area (Å²) in [5.41, 5.74) is 2.43. The van der Waals surface area contributed by atoms with Crippen molar-refractivity contribution in [3.8, 4) is 0 Å². The number of nitrogens with one attached hydrogen (secondary N) is 1. The Labute approximate surface area is 174 Å². The van der Waals surface area contributed by atoms with Gasteiger partial charge in [0.2, 0.25) is 5.91 Å². The second-order valence-electron chi connectivity index (χ2n) is 8.91. The van der Waals surface area contributed by atoms with Gasteiger partial charge in [-0.1, -0.05) is 5.16 Å². The van der Waals surface area contributed by atoms with Crippen LogP contribution in [0.5, 0.6) is 0 Å². The normalized spacial score (nSPS) is 23.3. The summed E-state index contributed by atoms with van der Waals surface area (Å²) >= 11 is 0. The lowest BCUT2D eigenvalue weighted by molar-refractivity contribution is -0.134. The molecule has 2 aliphatic heterocycles. The lowest BCUT2D eigenvalue weighted by atomic mass is 9.96. The monoisotopic (exact) mass is 406 g/mol. The van der Waals surface area contributed by atoms with Crippen LogP contribution >= 0.6 is 0 Å². The lowest BCUT2D eigenvalue weighted by Gasteiger charge is -2.34. The molecule has 0 bridgehead atoms. The van der Waals surface area contributed by atoms with Crippen LogP contribution in [0.2, 0.25) is 0 Å². The number of hydrogen-bond acceptors (Lipinski definition) is 6. The molecule has 0 aromatic carbocycles. The van der Waals surface area contributed by atoms with Crippen molar-refractivity contribution in [2.75, 3.05) is 31.1 Å². The zero-order chi connectivity index (χ0) is 20.1. The van der Waals surface area contributed by atoms with E-state index >= 15 is 0 Å². The second kappa shape index (κ2) is 6.82. The largest absolute Gasteiger partial charge is 0.364 e. The quantitative estimate of drug-likeness (QED) is 0.716. The molecule has 1 N–H and O–H groups in total. The number of anilines is 1. The summed E-state index contributed by atoms with van der Waals surface area (Å²) in [6.07, 6.45) is 7.91. The topological polar surface area (TPSA) is 91.2 Å². The maximum absolute atomic E-state index is 12.9. The minimum Gasteiger partial charge on any atom is -0.364 e. The number of carbonyl (C=O) groups is 1. The molecule has 2 saturated heterocycles. The number of H-pyrrole nitrogens is 1. The summed E-state index contributed by atoms with van der Waals surface area (Å²) in [5.74, 6) is 2.22. The number of fused-ring (bicyclic) bond motifs is 1. The second-order valence-corrected chi connectivity index (χ2v) is 8.91. The Morgan fingerprint density at radius 1 is 1.10 bits per heavy atom. The van der Waals surface area contributed by atoms with Crippen molar-refractivity contribution >= 4 is 22.9 Å². The minimum atomic E-state index is -0.160. The fourth-order valence-corrected chi connectivity index (χ4v) is 5.07. The van der Waals surface area contributed by atoms with Crippen LogP contribution in [0.15, 0.2) is 29.0 Å². The maximum atomic E-state index is 12.9. The maximum Gasteiger partial charge on any atom is 0.227 e. The molecule has 1 amide bonds. The van der Waals surface area contributed by atoms with Crippen molar-refractivity contribution in [1.82, 2.24) is 25.0 Å². The summed E-state index contributed by atoms with van der Waals surface area (Å²) in [7, 11) is 0. The first-order valence-electron chi connectivity index (χ1n) is 11.0. The zero-order valence-corrected chi connectivity index (χ0v) is 17.0. The van der Waals surface area contributed by atoms with Crippen LogP contribution in [0.3, 0.4) is 0 Å². The van der Waals surface area contributed by atoms with Crippen molar-refractivity contribution < 1.29 is 9.32 Å². The first-order chi connectivity index (χ1) is 14.7. The molecule has 1 unspecified atom stereocenters. The van der Waals surface area contributed by atoms with Crippen molar-refractivity contribution in [2.45, 2.75) is 43.9 Å². The molecule has 1 atom stereocenters. The van der Waals surface area contributed by atoms with Gasteiger partial charge in [-0.3, -0.25) is 4.79 Å². The molecule has 6 rings (SSSR count). The van der Waals surface area contributed by atoms with Gasteiger partial charge in [-0.15, -0.1) is 0 Å². The van der Waals surface area contributed by atoms with Gasteiger partial charge in [-0.05, 0) is 50.7 Å². The van der Waals surface area contributed by atoms with E-state index in [1.165, 1.54) is 0 Å². The van der Waals surface area contributed by atoms with Gasteiger partial charge in [0.15, 0.2) is 5.65 Å². The summed E-state index contributed by atoms with van der Waals surface area (Å²) in [6.45, 7) is 3.52. The van der Waals surface area contributed by atoms with Gasteiger partial charge in [0, 0.05) is 32.2 Å². The number of likely N-dealkylation sites (tertiary alicyclic amines) is 1. The summed E-state index contributed by atoms with van der Waals surface area (Å²) in [4.78, 5) is 30.3. The van der Waals surface area contributed by atoms with E-state index in [1.54, 1.807) is 6.26 Å². The highest BCUT2D eigenvalue weighted by molar-refractivity contribution is 5.80.